The largest absolute Gasteiger partial charge is 0.374 e. The van der Waals surface area contributed by atoms with Crippen molar-refractivity contribution in [3.63, 3.8) is 0 Å². The van der Waals surface area contributed by atoms with Crippen LogP contribution in [0.2, 0.25) is 0 Å². The van der Waals surface area contributed by atoms with Gasteiger partial charge in [-0.25, -0.2) is 27.5 Å². The Morgan fingerprint density at radius 2 is 1.65 bits per heavy atom. The average molecular weight is 863 g/mol. The monoisotopic (exact) mass is 862 g/mol. The predicted octanol–water partition coefficient (Wildman–Crippen LogP) is 7.64. The Bertz CT molecular complexity index is 2010. The van der Waals surface area contributed by atoms with Gasteiger partial charge in [-0.2, -0.15) is 0 Å². The summed E-state index contributed by atoms with van der Waals surface area (Å²) in [6.07, 6.45) is 21.4. The number of nitrogen functional groups attached to an aromatic ring is 1. The van der Waals surface area contributed by atoms with E-state index < -0.39 is 42.0 Å². The number of aldehydes is 1. The summed E-state index contributed by atoms with van der Waals surface area (Å²) in [4.78, 5) is 57.1. The van der Waals surface area contributed by atoms with E-state index in [1.54, 1.807) is 46.4 Å². The van der Waals surface area contributed by atoms with E-state index in [4.69, 9.17) is 5.73 Å². The fourth-order valence-electron chi connectivity index (χ4n) is 8.12. The second kappa shape index (κ2) is 23.5. The molecule has 16 heteroatoms. The lowest BCUT2D eigenvalue weighted by Crippen LogP contribution is -2.48. The molecule has 62 heavy (non-hydrogen) atoms. The van der Waals surface area contributed by atoms with Gasteiger partial charge in [-0.15, -0.1) is 0 Å². The van der Waals surface area contributed by atoms with Crippen LogP contribution < -0.4 is 21.3 Å². The highest BCUT2D eigenvalue weighted by molar-refractivity contribution is 6.01. The van der Waals surface area contributed by atoms with Crippen LogP contribution in [0.15, 0.2) is 73.1 Å². The number of rotatable bonds is 12. The van der Waals surface area contributed by atoms with Crippen molar-refractivity contribution >= 4 is 41.8 Å². The van der Waals surface area contributed by atoms with Crippen molar-refractivity contribution < 1.29 is 36.7 Å². The summed E-state index contributed by atoms with van der Waals surface area (Å²) in [7, 11) is 1.84. The number of amides is 3. The summed E-state index contributed by atoms with van der Waals surface area (Å²) in [5.41, 5.74) is 7.41. The summed E-state index contributed by atoms with van der Waals surface area (Å²) in [6.45, 7) is 2.09. The maximum Gasteiger partial charge on any atom is 0.267 e. The van der Waals surface area contributed by atoms with Crippen LogP contribution in [0.4, 0.5) is 34.9 Å². The summed E-state index contributed by atoms with van der Waals surface area (Å²) < 4.78 is 58.8. The summed E-state index contributed by atoms with van der Waals surface area (Å²) in [5.74, 6) is -5.88. The molecule has 4 fully saturated rings. The van der Waals surface area contributed by atoms with Gasteiger partial charge in [-0.05, 0) is 93.1 Å². The molecule has 0 radical (unpaired) electrons. The van der Waals surface area contributed by atoms with E-state index in [0.29, 0.717) is 43.0 Å². The van der Waals surface area contributed by atoms with Crippen LogP contribution in [0.1, 0.15) is 88.5 Å². The Kier molecular flexibility index (Phi) is 18.0. The first-order valence-electron chi connectivity index (χ1n) is 21.5. The number of anilines is 3. The van der Waals surface area contributed by atoms with Crippen LogP contribution in [0.3, 0.4) is 0 Å². The molecule has 3 saturated heterocycles. The van der Waals surface area contributed by atoms with Gasteiger partial charge in [0.2, 0.25) is 24.2 Å². The minimum atomic E-state index is -3.06. The summed E-state index contributed by atoms with van der Waals surface area (Å²) >= 11 is 0. The number of allylic oxidation sites excluding steroid dienone is 3. The van der Waals surface area contributed by atoms with E-state index >= 15 is 8.78 Å². The van der Waals surface area contributed by atoms with Gasteiger partial charge in [0.25, 0.3) is 5.92 Å². The third kappa shape index (κ3) is 14.2. The second-order valence-corrected chi connectivity index (χ2v) is 16.2. The van der Waals surface area contributed by atoms with E-state index in [9.17, 15) is 28.0 Å². The summed E-state index contributed by atoms with van der Waals surface area (Å²) in [6, 6.07) is 10.6. The molecule has 7 rings (SSSR count). The van der Waals surface area contributed by atoms with E-state index in [1.807, 2.05) is 18.0 Å². The van der Waals surface area contributed by atoms with Crippen molar-refractivity contribution in [2.45, 2.75) is 94.9 Å². The Balaban J connectivity index is 0.000000220. The number of hydrogen-bond donors (Lipinski definition) is 3. The number of hydrogen-bond acceptors (Lipinski definition) is 10. The van der Waals surface area contributed by atoms with Crippen LogP contribution in [-0.4, -0.2) is 96.0 Å². The lowest BCUT2D eigenvalue weighted by Gasteiger charge is -2.39. The van der Waals surface area contributed by atoms with Gasteiger partial charge in [0, 0.05) is 49.7 Å². The highest BCUT2D eigenvalue weighted by atomic mass is 19.3. The number of aromatic nitrogens is 2. The highest BCUT2D eigenvalue weighted by Gasteiger charge is 2.46. The molecular weight excluding hydrogens is 805 g/mol. The van der Waals surface area contributed by atoms with Crippen molar-refractivity contribution in [2.24, 2.45) is 5.92 Å². The molecule has 0 bridgehead atoms. The molecule has 1 aromatic heterocycles. The normalized spacial score (nSPS) is 20.7. The SMILES string of the molecule is C1CCCCC1.CN(/C=C\C=C/C=O)c1cccc(-c2nc(N)ncc2F)c1.O=CN1CCC(CCN2CCC(c3ccc(NC4CCC(=O)NC4=O)cc3F)C(F)(F)C2)CC1. The Morgan fingerprint density at radius 3 is 2.29 bits per heavy atom. The smallest absolute Gasteiger partial charge is 0.267 e. The quantitative estimate of drug-likeness (QED) is 0.0545. The Hall–Kier alpha value is -5.64. The number of nitrogens with two attached hydrogens (primary N) is 1. The van der Waals surface area contributed by atoms with Gasteiger partial charge in [0.05, 0.1) is 18.7 Å². The fourth-order valence-corrected chi connectivity index (χ4v) is 8.12. The predicted molar refractivity (Wildman–Crippen MR) is 232 cm³/mol. The zero-order valence-electron chi connectivity index (χ0n) is 35.3. The molecule has 3 aliphatic heterocycles. The lowest BCUT2D eigenvalue weighted by molar-refractivity contribution is -0.133. The number of nitrogens with one attached hydrogen (secondary N) is 2. The van der Waals surface area contributed by atoms with Crippen LogP contribution >= 0.6 is 0 Å². The molecule has 3 amide bonds. The first-order valence-corrected chi connectivity index (χ1v) is 21.5. The number of carbonyl (C=O) groups is 4. The van der Waals surface area contributed by atoms with Crippen LogP contribution in [0, 0.1) is 17.6 Å². The zero-order valence-corrected chi connectivity index (χ0v) is 35.3. The van der Waals surface area contributed by atoms with Crippen molar-refractivity contribution in [2.75, 3.05) is 55.7 Å². The number of likely N-dealkylation sites (tertiary alicyclic amines) is 2. The van der Waals surface area contributed by atoms with E-state index in [1.165, 1.54) is 56.7 Å². The van der Waals surface area contributed by atoms with Crippen molar-refractivity contribution in [3.8, 4) is 11.3 Å². The van der Waals surface area contributed by atoms with E-state index in [0.717, 1.165) is 56.7 Å². The molecule has 1 saturated carbocycles. The molecule has 4 N–H and O–H groups in total. The van der Waals surface area contributed by atoms with Crippen LogP contribution in [0.25, 0.3) is 11.3 Å². The van der Waals surface area contributed by atoms with Gasteiger partial charge in [-0.3, -0.25) is 29.4 Å². The average Bonchev–Trinajstić information content (AvgIpc) is 3.27. The number of alkyl halides is 2. The standard InChI is InChI=1S/C24H31F3N4O3.C16H15FN4O.C6H12/c25-20-13-17(28-21-3-4-22(33)29-23(21)34)1-2-18(20)19-8-12-30(14-24(19,26)27)9-5-16-6-10-31(15-32)11-7-16;1-21(8-3-2-4-9-22)13-7-5-6-12(10-13)15-14(17)11-19-16(18)20-15;1-2-4-6-5-3-1/h1-2,13,15-16,19,21,28H,3-12,14H2,(H,29,33,34);2-11H,1H3,(H2,18,19,20);1-6H2/b;4-2-,8-3-;. The fraction of sp³-hybridized carbons (Fsp3) is 0.478. The van der Waals surface area contributed by atoms with Crippen molar-refractivity contribution in [1.82, 2.24) is 25.1 Å². The topological polar surface area (TPSA) is 154 Å². The van der Waals surface area contributed by atoms with Gasteiger partial charge < -0.3 is 20.9 Å². The number of benzene rings is 2. The second-order valence-electron chi connectivity index (χ2n) is 16.2. The summed E-state index contributed by atoms with van der Waals surface area (Å²) in [5, 5.41) is 5.11. The highest BCUT2D eigenvalue weighted by Crippen LogP contribution is 2.42. The lowest BCUT2D eigenvalue weighted by atomic mass is 9.85. The number of halogens is 4. The molecule has 12 nitrogen and oxygen atoms in total. The molecule has 2 aromatic carbocycles. The van der Waals surface area contributed by atoms with Gasteiger partial charge >= 0.3 is 0 Å². The van der Waals surface area contributed by atoms with E-state index in [-0.39, 0.29) is 36.0 Å². The van der Waals surface area contributed by atoms with Crippen molar-refractivity contribution in [1.29, 1.82) is 0 Å². The number of imide groups is 1. The molecular formula is C46H58F4N8O4. The van der Waals surface area contributed by atoms with Gasteiger partial charge in [0.15, 0.2) is 5.82 Å². The molecule has 1 aliphatic carbocycles. The maximum atomic E-state index is 15.1. The van der Waals surface area contributed by atoms with E-state index in [2.05, 4.69) is 20.6 Å². The molecule has 334 valence electrons. The van der Waals surface area contributed by atoms with Gasteiger partial charge in [0.1, 0.15) is 23.8 Å². The first-order chi connectivity index (χ1) is 29.9. The third-order valence-electron chi connectivity index (χ3n) is 11.7. The first kappa shape index (κ1) is 47.4. The van der Waals surface area contributed by atoms with Crippen molar-refractivity contribution in [3.05, 3.63) is 90.3 Å². The minimum absolute atomic E-state index is 0.0142. The molecule has 2 unspecified atom stereocenters. The molecule has 0 spiro atoms. The zero-order chi connectivity index (χ0) is 44.5. The number of piperidine rings is 3. The molecule has 4 heterocycles. The van der Waals surface area contributed by atoms with Gasteiger partial charge in [-0.1, -0.05) is 62.8 Å². The molecule has 3 aromatic rings. The molecule has 2 atom stereocenters. The van der Waals surface area contributed by atoms with Crippen LogP contribution in [0.5, 0.6) is 0 Å². The van der Waals surface area contributed by atoms with Crippen LogP contribution in [-0.2, 0) is 19.2 Å². The maximum absolute atomic E-state index is 15.1. The number of nitrogens with zero attached hydrogens (tertiary/aromatic N) is 5. The minimum Gasteiger partial charge on any atom is -0.374 e. The Labute approximate surface area is 361 Å². The Morgan fingerprint density at radius 1 is 0.919 bits per heavy atom. The molecule has 4 aliphatic rings. The third-order valence-corrected chi connectivity index (χ3v) is 11.7. The number of carbonyl (C=O) groups excluding carboxylic acids is 4.